The lowest BCUT2D eigenvalue weighted by Gasteiger charge is -2.18. The van der Waals surface area contributed by atoms with Crippen LogP contribution in [0.2, 0.25) is 0 Å². The van der Waals surface area contributed by atoms with Gasteiger partial charge in [-0.2, -0.15) is 12.8 Å². The van der Waals surface area contributed by atoms with Crippen LogP contribution in [0.3, 0.4) is 0 Å². The van der Waals surface area contributed by atoms with Crippen molar-refractivity contribution in [3.63, 3.8) is 0 Å². The number of anilines is 1. The summed E-state index contributed by atoms with van der Waals surface area (Å²) in [6.45, 7) is 1.16. The van der Waals surface area contributed by atoms with E-state index in [9.17, 15) is 22.7 Å². The Kier molecular flexibility index (Phi) is 3.29. The fraction of sp³-hybridized carbons (Fsp3) is 0.167. The predicted molar refractivity (Wildman–Crippen MR) is 78.3 cm³/mol. The highest BCUT2D eigenvalue weighted by atomic mass is 32.2. The van der Waals surface area contributed by atoms with Crippen LogP contribution in [0.15, 0.2) is 18.2 Å². The number of hydrogen-bond acceptors (Lipinski definition) is 6. The van der Waals surface area contributed by atoms with Crippen molar-refractivity contribution < 1.29 is 22.7 Å². The quantitative estimate of drug-likeness (QED) is 0.852. The number of phenolic OH excluding ortho intramolecular Hbond substituents is 1. The van der Waals surface area contributed by atoms with Crippen LogP contribution < -0.4 is 9.03 Å². The number of carbonyl (C=O) groups excluding carboxylic acids is 1. The van der Waals surface area contributed by atoms with Gasteiger partial charge in [-0.25, -0.2) is 13.4 Å². The summed E-state index contributed by atoms with van der Waals surface area (Å²) in [5.74, 6) is -2.29. The summed E-state index contributed by atoms with van der Waals surface area (Å²) in [5.41, 5.74) is 0.245. The van der Waals surface area contributed by atoms with Gasteiger partial charge in [0.15, 0.2) is 5.82 Å². The Morgan fingerprint density at radius 3 is 2.73 bits per heavy atom. The maximum Gasteiger partial charge on any atom is 0.326 e. The molecule has 1 amide bonds. The summed E-state index contributed by atoms with van der Waals surface area (Å²) in [5, 5.41) is 9.85. The van der Waals surface area contributed by atoms with E-state index in [0.29, 0.717) is 14.9 Å². The van der Waals surface area contributed by atoms with Gasteiger partial charge in [-0.1, -0.05) is 0 Å². The Labute approximate surface area is 129 Å². The largest absolute Gasteiger partial charge is 0.506 e. The molecule has 22 heavy (non-hydrogen) atoms. The minimum atomic E-state index is -4.21. The third-order valence-electron chi connectivity index (χ3n) is 3.06. The van der Waals surface area contributed by atoms with Crippen LogP contribution >= 0.6 is 11.5 Å². The van der Waals surface area contributed by atoms with Crippen molar-refractivity contribution in [2.45, 2.75) is 6.92 Å². The van der Waals surface area contributed by atoms with Crippen molar-refractivity contribution >= 4 is 33.3 Å². The Balaban J connectivity index is 2.19. The molecule has 1 aliphatic heterocycles. The van der Waals surface area contributed by atoms with Crippen molar-refractivity contribution in [1.29, 1.82) is 0 Å². The van der Waals surface area contributed by atoms with Gasteiger partial charge in [-0.05, 0) is 36.7 Å². The lowest BCUT2D eigenvalue weighted by Crippen LogP contribution is -2.30. The van der Waals surface area contributed by atoms with Gasteiger partial charge in [-0.15, -0.1) is 0 Å². The second kappa shape index (κ2) is 4.92. The molecule has 1 aliphatic rings. The van der Waals surface area contributed by atoms with E-state index in [-0.39, 0.29) is 5.56 Å². The van der Waals surface area contributed by atoms with Gasteiger partial charge in [0.05, 0.1) is 10.6 Å². The molecule has 2 heterocycles. The van der Waals surface area contributed by atoms with E-state index < -0.39 is 39.9 Å². The van der Waals surface area contributed by atoms with Crippen molar-refractivity contribution in [1.82, 2.24) is 9.10 Å². The maximum atomic E-state index is 14.7. The fourth-order valence-electron chi connectivity index (χ4n) is 2.12. The van der Waals surface area contributed by atoms with Crippen molar-refractivity contribution in [3.8, 4) is 16.2 Å². The first-order valence-electron chi connectivity index (χ1n) is 6.08. The predicted octanol–water partition coefficient (Wildman–Crippen LogP) is 1.14. The van der Waals surface area contributed by atoms with E-state index in [0.717, 1.165) is 11.5 Å². The second-order valence-electron chi connectivity index (χ2n) is 4.66. The molecule has 1 fully saturated rings. The first kappa shape index (κ1) is 14.7. The van der Waals surface area contributed by atoms with Crippen molar-refractivity contribution in [2.75, 3.05) is 10.8 Å². The summed E-state index contributed by atoms with van der Waals surface area (Å²) >= 11 is 1.05. The Bertz CT molecular complexity index is 878. The fourth-order valence-corrected chi connectivity index (χ4v) is 4.06. The van der Waals surface area contributed by atoms with E-state index in [2.05, 4.69) is 4.37 Å². The zero-order valence-corrected chi connectivity index (χ0v) is 12.8. The average Bonchev–Trinajstić information content (AvgIpc) is 2.93. The van der Waals surface area contributed by atoms with Crippen LogP contribution in [0.1, 0.15) is 5.69 Å². The monoisotopic (exact) mass is 343 g/mol. The van der Waals surface area contributed by atoms with Gasteiger partial charge in [-0.3, -0.25) is 4.79 Å². The zero-order valence-electron chi connectivity index (χ0n) is 11.2. The van der Waals surface area contributed by atoms with Gasteiger partial charge < -0.3 is 5.11 Å². The molecular formula is C12H10FN3O4S2. The average molecular weight is 343 g/mol. The molecule has 0 radical (unpaired) electrons. The molecule has 116 valence electrons. The third kappa shape index (κ3) is 2.29. The van der Waals surface area contributed by atoms with Crippen LogP contribution in [0.4, 0.5) is 10.1 Å². The molecule has 10 heteroatoms. The van der Waals surface area contributed by atoms with Gasteiger partial charge in [0.1, 0.15) is 18.0 Å². The standard InChI is InChI=1S/C12H10FN3O4S2/c1-6-4-9(21-14-6)7-2-3-8(17)12(11(7)13)16-5-10(18)15-22(16,19)20/h2-4,17H,5H2,1H3,(H,15,18). The van der Waals surface area contributed by atoms with Crippen LogP contribution in [0.25, 0.3) is 10.4 Å². The highest BCUT2D eigenvalue weighted by Crippen LogP contribution is 2.39. The molecule has 0 saturated carbocycles. The summed E-state index contributed by atoms with van der Waals surface area (Å²) in [7, 11) is -4.21. The molecule has 0 unspecified atom stereocenters. The molecule has 2 aromatic rings. The number of hydrogen-bond donors (Lipinski definition) is 2. The Morgan fingerprint density at radius 1 is 1.45 bits per heavy atom. The summed E-state index contributed by atoms with van der Waals surface area (Å²) in [4.78, 5) is 11.8. The molecule has 0 atom stereocenters. The lowest BCUT2D eigenvalue weighted by atomic mass is 10.1. The molecule has 2 N–H and O–H groups in total. The number of aryl methyl sites for hydroxylation is 1. The first-order valence-corrected chi connectivity index (χ1v) is 8.29. The number of aromatic hydroxyl groups is 1. The summed E-state index contributed by atoms with van der Waals surface area (Å²) in [6, 6.07) is 4.16. The van der Waals surface area contributed by atoms with Crippen molar-refractivity contribution in [3.05, 3.63) is 29.7 Å². The van der Waals surface area contributed by atoms with Gasteiger partial charge in [0, 0.05) is 5.56 Å². The highest BCUT2D eigenvalue weighted by Gasteiger charge is 2.38. The maximum absolute atomic E-state index is 14.7. The third-order valence-corrected chi connectivity index (χ3v) is 5.35. The SMILES string of the molecule is Cc1cc(-c2ccc(O)c(N3CC(=O)NS3(=O)=O)c2F)sn1. The highest BCUT2D eigenvalue weighted by molar-refractivity contribution is 7.92. The number of halogens is 1. The number of aromatic nitrogens is 1. The molecule has 3 rings (SSSR count). The van der Waals surface area contributed by atoms with Gasteiger partial charge in [0.2, 0.25) is 0 Å². The van der Waals surface area contributed by atoms with E-state index >= 15 is 0 Å². The number of benzene rings is 1. The van der Waals surface area contributed by atoms with E-state index in [1.807, 2.05) is 0 Å². The molecular weight excluding hydrogens is 333 g/mol. The van der Waals surface area contributed by atoms with Crippen LogP contribution in [-0.2, 0) is 15.0 Å². The molecule has 7 nitrogen and oxygen atoms in total. The topological polar surface area (TPSA) is 99.6 Å². The Morgan fingerprint density at radius 2 is 2.18 bits per heavy atom. The molecule has 0 aliphatic carbocycles. The molecule has 0 bridgehead atoms. The molecule has 1 aromatic carbocycles. The van der Waals surface area contributed by atoms with Crippen LogP contribution in [0, 0.1) is 12.7 Å². The second-order valence-corrected chi connectivity index (χ2v) is 7.06. The molecule has 0 spiro atoms. The van der Waals surface area contributed by atoms with Gasteiger partial charge in [0.25, 0.3) is 5.91 Å². The van der Waals surface area contributed by atoms with E-state index in [1.165, 1.54) is 12.1 Å². The number of phenols is 1. The van der Waals surface area contributed by atoms with Crippen LogP contribution in [0.5, 0.6) is 5.75 Å². The Hall–Kier alpha value is -2.20. The number of rotatable bonds is 2. The number of carbonyl (C=O) groups is 1. The normalized spacial score (nSPS) is 16.8. The molecule has 1 aromatic heterocycles. The minimum Gasteiger partial charge on any atom is -0.506 e. The molecule has 1 saturated heterocycles. The van der Waals surface area contributed by atoms with Crippen LogP contribution in [-0.4, -0.2) is 30.3 Å². The summed E-state index contributed by atoms with van der Waals surface area (Å²) in [6.07, 6.45) is 0. The number of nitrogens with one attached hydrogen (secondary N) is 1. The number of amides is 1. The van der Waals surface area contributed by atoms with E-state index in [4.69, 9.17) is 0 Å². The lowest BCUT2D eigenvalue weighted by molar-refractivity contribution is -0.117. The van der Waals surface area contributed by atoms with Crippen molar-refractivity contribution in [2.24, 2.45) is 0 Å². The van der Waals surface area contributed by atoms with Gasteiger partial charge >= 0.3 is 10.2 Å². The number of nitrogens with zero attached hydrogens (tertiary/aromatic N) is 2. The van der Waals surface area contributed by atoms with E-state index in [1.54, 1.807) is 17.7 Å². The summed E-state index contributed by atoms with van der Waals surface area (Å²) < 4.78 is 44.7. The minimum absolute atomic E-state index is 0.105. The zero-order chi connectivity index (χ0) is 16.1. The first-order chi connectivity index (χ1) is 10.3. The smallest absolute Gasteiger partial charge is 0.326 e.